The number of benzene rings is 1. The fourth-order valence-corrected chi connectivity index (χ4v) is 2.48. The van der Waals surface area contributed by atoms with Crippen LogP contribution in [0.15, 0.2) is 42.6 Å². The second-order valence-corrected chi connectivity index (χ2v) is 4.68. The number of thiazole rings is 1. The molecule has 0 fully saturated rings. The van der Waals surface area contributed by atoms with Gasteiger partial charge >= 0.3 is 0 Å². The number of rotatable bonds is 3. The fourth-order valence-electron chi connectivity index (χ4n) is 1.65. The zero-order valence-electron chi connectivity index (χ0n) is 10.2. The van der Waals surface area contributed by atoms with Gasteiger partial charge < -0.3 is 10.1 Å². The Morgan fingerprint density at radius 3 is 2.89 bits per heavy atom. The van der Waals surface area contributed by atoms with E-state index in [-0.39, 0.29) is 12.4 Å². The number of hydrogen-bond acceptors (Lipinski definition) is 5. The van der Waals surface area contributed by atoms with E-state index in [1.165, 1.54) is 11.3 Å². The molecule has 2 heterocycles. The molecule has 3 aromatic rings. The van der Waals surface area contributed by atoms with Gasteiger partial charge in [0.25, 0.3) is 0 Å². The highest BCUT2D eigenvalue weighted by molar-refractivity contribution is 7.21. The standard InChI is InChI=1S/C13H11N3OS.ClH/c1-17-10-5-2-4-9(8-10)15-13-16-11-6-3-7-14-12(11)18-13;/h2-8H,1H3,(H,15,16);1H. The van der Waals surface area contributed by atoms with Crippen molar-refractivity contribution >= 4 is 44.9 Å². The van der Waals surface area contributed by atoms with Crippen LogP contribution in [-0.4, -0.2) is 17.1 Å². The van der Waals surface area contributed by atoms with Crippen LogP contribution in [0.4, 0.5) is 10.8 Å². The number of nitrogens with zero attached hydrogens (tertiary/aromatic N) is 2. The number of methoxy groups -OCH3 is 1. The van der Waals surface area contributed by atoms with E-state index in [2.05, 4.69) is 15.3 Å². The summed E-state index contributed by atoms with van der Waals surface area (Å²) in [6.07, 6.45) is 1.77. The Morgan fingerprint density at radius 2 is 2.11 bits per heavy atom. The molecule has 0 aliphatic heterocycles. The minimum Gasteiger partial charge on any atom is -0.497 e. The number of fused-ring (bicyclic) bond motifs is 1. The summed E-state index contributed by atoms with van der Waals surface area (Å²) in [5.74, 6) is 0.819. The molecule has 3 rings (SSSR count). The molecule has 0 amide bonds. The lowest BCUT2D eigenvalue weighted by Gasteiger charge is -2.04. The molecule has 0 aliphatic rings. The van der Waals surface area contributed by atoms with Gasteiger partial charge in [-0.2, -0.15) is 0 Å². The molecule has 0 unspecified atom stereocenters. The van der Waals surface area contributed by atoms with E-state index in [4.69, 9.17) is 4.74 Å². The second kappa shape index (κ2) is 5.86. The summed E-state index contributed by atoms with van der Waals surface area (Å²) < 4.78 is 5.18. The minimum atomic E-state index is 0. The lowest BCUT2D eigenvalue weighted by molar-refractivity contribution is 0.415. The normalized spacial score (nSPS) is 9.95. The molecule has 0 atom stereocenters. The number of nitrogens with one attached hydrogen (secondary N) is 1. The van der Waals surface area contributed by atoms with Crippen LogP contribution in [0.1, 0.15) is 0 Å². The molecular formula is C13H12ClN3OS. The Balaban J connectivity index is 0.00000133. The summed E-state index contributed by atoms with van der Waals surface area (Å²) in [7, 11) is 1.65. The molecule has 4 nitrogen and oxygen atoms in total. The van der Waals surface area contributed by atoms with Crippen LogP contribution >= 0.6 is 23.7 Å². The van der Waals surface area contributed by atoms with Crippen molar-refractivity contribution < 1.29 is 4.74 Å². The molecule has 6 heteroatoms. The smallest absolute Gasteiger partial charge is 0.189 e. The van der Waals surface area contributed by atoms with Gasteiger partial charge in [-0.25, -0.2) is 9.97 Å². The summed E-state index contributed by atoms with van der Waals surface area (Å²) in [6.45, 7) is 0. The van der Waals surface area contributed by atoms with E-state index in [0.717, 1.165) is 26.9 Å². The van der Waals surface area contributed by atoms with Gasteiger partial charge in [-0.3, -0.25) is 0 Å². The van der Waals surface area contributed by atoms with E-state index in [9.17, 15) is 0 Å². The zero-order chi connectivity index (χ0) is 12.4. The molecule has 0 bridgehead atoms. The van der Waals surface area contributed by atoms with E-state index < -0.39 is 0 Å². The first-order valence-corrected chi connectivity index (χ1v) is 6.29. The van der Waals surface area contributed by atoms with E-state index in [1.807, 2.05) is 36.4 Å². The molecule has 2 aromatic heterocycles. The van der Waals surface area contributed by atoms with Crippen molar-refractivity contribution in [3.63, 3.8) is 0 Å². The Labute approximate surface area is 120 Å². The van der Waals surface area contributed by atoms with Gasteiger partial charge in [0, 0.05) is 18.0 Å². The van der Waals surface area contributed by atoms with Crippen LogP contribution in [0.5, 0.6) is 5.75 Å². The molecular weight excluding hydrogens is 282 g/mol. The predicted molar refractivity (Wildman–Crippen MR) is 80.9 cm³/mol. The lowest BCUT2D eigenvalue weighted by Crippen LogP contribution is -1.90. The highest BCUT2D eigenvalue weighted by atomic mass is 35.5. The molecule has 98 valence electrons. The summed E-state index contributed by atoms with van der Waals surface area (Å²) in [6, 6.07) is 11.6. The van der Waals surface area contributed by atoms with Gasteiger partial charge in [0.2, 0.25) is 0 Å². The minimum absolute atomic E-state index is 0. The first-order chi connectivity index (χ1) is 8.85. The summed E-state index contributed by atoms with van der Waals surface area (Å²) in [5, 5.41) is 4.09. The van der Waals surface area contributed by atoms with Crippen molar-refractivity contribution in [1.29, 1.82) is 0 Å². The van der Waals surface area contributed by atoms with Gasteiger partial charge in [-0.1, -0.05) is 17.4 Å². The maximum absolute atomic E-state index is 5.18. The monoisotopic (exact) mass is 293 g/mol. The fraction of sp³-hybridized carbons (Fsp3) is 0.0769. The van der Waals surface area contributed by atoms with Crippen LogP contribution in [0, 0.1) is 0 Å². The number of halogens is 1. The third-order valence-electron chi connectivity index (χ3n) is 2.49. The number of aromatic nitrogens is 2. The van der Waals surface area contributed by atoms with Crippen LogP contribution < -0.4 is 10.1 Å². The SMILES string of the molecule is COc1cccc(Nc2nc3cccnc3s2)c1.Cl. The van der Waals surface area contributed by atoms with Crippen molar-refractivity contribution in [2.45, 2.75) is 0 Å². The number of pyridine rings is 1. The van der Waals surface area contributed by atoms with Crippen LogP contribution in [0.2, 0.25) is 0 Å². The van der Waals surface area contributed by atoms with Crippen molar-refractivity contribution in [3.8, 4) is 5.75 Å². The highest BCUT2D eigenvalue weighted by Crippen LogP contribution is 2.27. The Bertz CT molecular complexity index is 653. The zero-order valence-corrected chi connectivity index (χ0v) is 11.8. The lowest BCUT2D eigenvalue weighted by atomic mass is 10.3. The summed E-state index contributed by atoms with van der Waals surface area (Å²) >= 11 is 1.53. The number of ether oxygens (including phenoxy) is 1. The molecule has 0 saturated heterocycles. The molecule has 0 spiro atoms. The van der Waals surface area contributed by atoms with Gasteiger partial charge in [-0.05, 0) is 24.3 Å². The van der Waals surface area contributed by atoms with Gasteiger partial charge in [-0.15, -0.1) is 12.4 Å². The number of anilines is 2. The third kappa shape index (κ3) is 2.94. The maximum atomic E-state index is 5.18. The average molecular weight is 294 g/mol. The molecule has 0 radical (unpaired) electrons. The number of hydrogen-bond donors (Lipinski definition) is 1. The molecule has 1 aromatic carbocycles. The van der Waals surface area contributed by atoms with Gasteiger partial charge in [0.15, 0.2) is 5.13 Å². The van der Waals surface area contributed by atoms with Crippen LogP contribution in [-0.2, 0) is 0 Å². The van der Waals surface area contributed by atoms with Crippen molar-refractivity contribution in [2.24, 2.45) is 0 Å². The quantitative estimate of drug-likeness (QED) is 0.796. The van der Waals surface area contributed by atoms with Gasteiger partial charge in [0.1, 0.15) is 16.1 Å². The molecule has 0 saturated carbocycles. The molecule has 19 heavy (non-hydrogen) atoms. The first-order valence-electron chi connectivity index (χ1n) is 5.48. The van der Waals surface area contributed by atoms with Gasteiger partial charge in [0.05, 0.1) is 7.11 Å². The van der Waals surface area contributed by atoms with Crippen molar-refractivity contribution in [1.82, 2.24) is 9.97 Å². The third-order valence-corrected chi connectivity index (χ3v) is 3.38. The average Bonchev–Trinajstić information content (AvgIpc) is 2.81. The Kier molecular flexibility index (Phi) is 4.19. The van der Waals surface area contributed by atoms with Crippen molar-refractivity contribution in [2.75, 3.05) is 12.4 Å². The van der Waals surface area contributed by atoms with E-state index in [1.54, 1.807) is 13.3 Å². The summed E-state index contributed by atoms with van der Waals surface area (Å²) in [4.78, 5) is 9.67. The van der Waals surface area contributed by atoms with Crippen molar-refractivity contribution in [3.05, 3.63) is 42.6 Å². The highest BCUT2D eigenvalue weighted by Gasteiger charge is 2.04. The van der Waals surface area contributed by atoms with E-state index in [0.29, 0.717) is 0 Å². The van der Waals surface area contributed by atoms with Crippen LogP contribution in [0.25, 0.3) is 10.3 Å². The topological polar surface area (TPSA) is 47.0 Å². The van der Waals surface area contributed by atoms with E-state index >= 15 is 0 Å². The van der Waals surface area contributed by atoms with Crippen LogP contribution in [0.3, 0.4) is 0 Å². The molecule has 0 aliphatic carbocycles. The maximum Gasteiger partial charge on any atom is 0.189 e. The predicted octanol–water partition coefficient (Wildman–Crippen LogP) is 3.87. The Hall–Kier alpha value is -1.85. The molecule has 1 N–H and O–H groups in total. The Morgan fingerprint density at radius 1 is 1.21 bits per heavy atom. The largest absolute Gasteiger partial charge is 0.497 e. The second-order valence-electron chi connectivity index (χ2n) is 3.70. The first kappa shape index (κ1) is 13.6. The summed E-state index contributed by atoms with van der Waals surface area (Å²) in [5.41, 5.74) is 1.86.